The highest BCUT2D eigenvalue weighted by molar-refractivity contribution is 5.85. The third-order valence-electron chi connectivity index (χ3n) is 3.89. The second kappa shape index (κ2) is 8.10. The minimum absolute atomic E-state index is 0. The van der Waals surface area contributed by atoms with E-state index >= 15 is 0 Å². The van der Waals surface area contributed by atoms with Crippen molar-refractivity contribution < 1.29 is 9.90 Å². The van der Waals surface area contributed by atoms with Crippen LogP contribution in [0.3, 0.4) is 0 Å². The van der Waals surface area contributed by atoms with E-state index in [1.165, 1.54) is 0 Å². The molecular formula is C16H21ClN4O2. The summed E-state index contributed by atoms with van der Waals surface area (Å²) < 4.78 is 1.86. The predicted octanol–water partition coefficient (Wildman–Crippen LogP) is 0.692. The highest BCUT2D eigenvalue weighted by Crippen LogP contribution is 2.11. The monoisotopic (exact) mass is 336 g/mol. The van der Waals surface area contributed by atoms with Crippen molar-refractivity contribution >= 4 is 18.3 Å². The fourth-order valence-electron chi connectivity index (χ4n) is 2.68. The van der Waals surface area contributed by atoms with Crippen LogP contribution in [0.1, 0.15) is 17.5 Å². The van der Waals surface area contributed by atoms with Gasteiger partial charge in [-0.05, 0) is 23.6 Å². The maximum atomic E-state index is 12.1. The molecule has 0 aliphatic carbocycles. The Morgan fingerprint density at radius 3 is 2.78 bits per heavy atom. The molecule has 3 N–H and O–H groups in total. The van der Waals surface area contributed by atoms with Gasteiger partial charge in [0, 0.05) is 25.5 Å². The molecule has 1 amide bonds. The molecule has 7 heteroatoms. The highest BCUT2D eigenvalue weighted by Gasteiger charge is 2.27. The summed E-state index contributed by atoms with van der Waals surface area (Å²) in [4.78, 5) is 12.1. The lowest BCUT2D eigenvalue weighted by Crippen LogP contribution is -2.40. The van der Waals surface area contributed by atoms with E-state index in [1.54, 1.807) is 6.20 Å². The average Bonchev–Trinajstić information content (AvgIpc) is 3.18. The molecule has 2 unspecified atom stereocenters. The second-order valence-corrected chi connectivity index (χ2v) is 5.54. The first-order valence-electron chi connectivity index (χ1n) is 7.46. The van der Waals surface area contributed by atoms with Crippen LogP contribution in [0.5, 0.6) is 0 Å². The van der Waals surface area contributed by atoms with Crippen LogP contribution >= 0.6 is 12.4 Å². The van der Waals surface area contributed by atoms with E-state index in [-0.39, 0.29) is 24.4 Å². The number of carbonyl (C=O) groups excluding carboxylic acids is 1. The van der Waals surface area contributed by atoms with Crippen molar-refractivity contribution in [2.45, 2.75) is 31.7 Å². The SMILES string of the molecule is Cl.O=C(NCc1ccccc1Cn1cccn1)C1CC(O)CN1. The molecule has 1 aromatic carbocycles. The van der Waals surface area contributed by atoms with Crippen molar-refractivity contribution in [3.63, 3.8) is 0 Å². The molecule has 1 aliphatic rings. The number of β-amino-alcohol motifs (C(OH)–C–C–N with tert-alkyl or cyclic N) is 1. The van der Waals surface area contributed by atoms with Gasteiger partial charge in [0.2, 0.25) is 5.91 Å². The molecule has 124 valence electrons. The fraction of sp³-hybridized carbons (Fsp3) is 0.375. The summed E-state index contributed by atoms with van der Waals surface area (Å²) in [6.07, 6.45) is 3.71. The summed E-state index contributed by atoms with van der Waals surface area (Å²) in [6, 6.07) is 9.59. The van der Waals surface area contributed by atoms with E-state index in [2.05, 4.69) is 15.7 Å². The van der Waals surface area contributed by atoms with Crippen molar-refractivity contribution in [1.82, 2.24) is 20.4 Å². The predicted molar refractivity (Wildman–Crippen MR) is 89.3 cm³/mol. The minimum Gasteiger partial charge on any atom is -0.392 e. The standard InChI is InChI=1S/C16H20N4O2.ClH/c21-14-8-15(17-10-14)16(22)18-9-12-4-1-2-5-13(12)11-20-7-3-6-19-20;/h1-7,14-15,17,21H,8-11H2,(H,18,22);1H. The zero-order valence-corrected chi connectivity index (χ0v) is 13.5. The molecule has 0 spiro atoms. The van der Waals surface area contributed by atoms with Crippen LogP contribution in [0.4, 0.5) is 0 Å². The summed E-state index contributed by atoms with van der Waals surface area (Å²) in [6.45, 7) is 1.64. The molecule has 23 heavy (non-hydrogen) atoms. The maximum Gasteiger partial charge on any atom is 0.237 e. The Bertz CT molecular complexity index is 633. The van der Waals surface area contributed by atoms with E-state index < -0.39 is 6.10 Å². The van der Waals surface area contributed by atoms with E-state index in [9.17, 15) is 9.90 Å². The van der Waals surface area contributed by atoms with E-state index in [0.717, 1.165) is 11.1 Å². The zero-order valence-electron chi connectivity index (χ0n) is 12.7. The molecule has 3 rings (SSSR count). The van der Waals surface area contributed by atoms with Crippen LogP contribution in [0.25, 0.3) is 0 Å². The third kappa shape index (κ3) is 4.54. The first-order valence-corrected chi connectivity index (χ1v) is 7.46. The van der Waals surface area contributed by atoms with Gasteiger partial charge in [-0.2, -0.15) is 5.10 Å². The Balaban J connectivity index is 0.00000192. The van der Waals surface area contributed by atoms with Crippen molar-refractivity contribution in [3.05, 3.63) is 53.9 Å². The van der Waals surface area contributed by atoms with Crippen LogP contribution in [0.2, 0.25) is 0 Å². The molecule has 1 fully saturated rings. The van der Waals surface area contributed by atoms with E-state index in [1.807, 2.05) is 41.2 Å². The third-order valence-corrected chi connectivity index (χ3v) is 3.89. The molecule has 1 aromatic heterocycles. The van der Waals surface area contributed by atoms with Gasteiger partial charge in [-0.3, -0.25) is 9.48 Å². The number of benzene rings is 1. The molecule has 0 bridgehead atoms. The Morgan fingerprint density at radius 2 is 2.13 bits per heavy atom. The van der Waals surface area contributed by atoms with E-state index in [4.69, 9.17) is 0 Å². The molecule has 1 saturated heterocycles. The van der Waals surface area contributed by atoms with Crippen LogP contribution < -0.4 is 10.6 Å². The lowest BCUT2D eigenvalue weighted by Gasteiger charge is -2.13. The Labute approximate surface area is 141 Å². The number of nitrogens with zero attached hydrogens (tertiary/aromatic N) is 2. The van der Waals surface area contributed by atoms with Gasteiger partial charge in [-0.15, -0.1) is 12.4 Å². The largest absolute Gasteiger partial charge is 0.392 e. The first-order chi connectivity index (χ1) is 10.7. The number of hydrogen-bond donors (Lipinski definition) is 3. The molecule has 0 radical (unpaired) electrons. The number of halogens is 1. The van der Waals surface area contributed by atoms with Gasteiger partial charge in [0.1, 0.15) is 0 Å². The topological polar surface area (TPSA) is 79.2 Å². The van der Waals surface area contributed by atoms with Gasteiger partial charge in [0.15, 0.2) is 0 Å². The van der Waals surface area contributed by atoms with Gasteiger partial charge in [0.25, 0.3) is 0 Å². The van der Waals surface area contributed by atoms with Gasteiger partial charge in [-0.25, -0.2) is 0 Å². The lowest BCUT2D eigenvalue weighted by atomic mass is 10.1. The molecule has 6 nitrogen and oxygen atoms in total. The van der Waals surface area contributed by atoms with Crippen LogP contribution in [-0.4, -0.2) is 39.5 Å². The molecule has 2 aromatic rings. The van der Waals surface area contributed by atoms with Gasteiger partial charge >= 0.3 is 0 Å². The highest BCUT2D eigenvalue weighted by atomic mass is 35.5. The summed E-state index contributed by atoms with van der Waals surface area (Å²) in [5.74, 6) is -0.0644. The van der Waals surface area contributed by atoms with Gasteiger partial charge in [0.05, 0.1) is 18.7 Å². The molecule has 0 saturated carbocycles. The number of aliphatic hydroxyl groups is 1. The zero-order chi connectivity index (χ0) is 15.4. The Hall–Kier alpha value is -1.89. The van der Waals surface area contributed by atoms with E-state index in [0.29, 0.717) is 26.1 Å². The van der Waals surface area contributed by atoms with Crippen LogP contribution in [0.15, 0.2) is 42.7 Å². The number of rotatable bonds is 5. The number of carbonyl (C=O) groups is 1. The number of aromatic nitrogens is 2. The quantitative estimate of drug-likeness (QED) is 0.750. The normalized spacial score (nSPS) is 20.0. The second-order valence-electron chi connectivity index (χ2n) is 5.54. The first kappa shape index (κ1) is 17.5. The maximum absolute atomic E-state index is 12.1. The van der Waals surface area contributed by atoms with Crippen LogP contribution in [0, 0.1) is 0 Å². The Kier molecular flexibility index (Phi) is 6.15. The fourth-order valence-corrected chi connectivity index (χ4v) is 2.68. The Morgan fingerprint density at radius 1 is 1.35 bits per heavy atom. The summed E-state index contributed by atoms with van der Waals surface area (Å²) in [7, 11) is 0. The van der Waals surface area contributed by atoms with Crippen molar-refractivity contribution in [1.29, 1.82) is 0 Å². The summed E-state index contributed by atoms with van der Waals surface area (Å²) in [5, 5.41) is 19.6. The molecular weight excluding hydrogens is 316 g/mol. The van der Waals surface area contributed by atoms with Crippen molar-refractivity contribution in [2.75, 3.05) is 6.54 Å². The average molecular weight is 337 g/mol. The van der Waals surface area contributed by atoms with Crippen LogP contribution in [-0.2, 0) is 17.9 Å². The summed E-state index contributed by atoms with van der Waals surface area (Å²) >= 11 is 0. The van der Waals surface area contributed by atoms with Gasteiger partial charge < -0.3 is 15.7 Å². The molecule has 2 heterocycles. The van der Waals surface area contributed by atoms with Crippen molar-refractivity contribution in [3.8, 4) is 0 Å². The minimum atomic E-state index is -0.428. The molecule has 1 aliphatic heterocycles. The summed E-state index contributed by atoms with van der Waals surface area (Å²) in [5.41, 5.74) is 2.20. The number of nitrogens with one attached hydrogen (secondary N) is 2. The number of amides is 1. The van der Waals surface area contributed by atoms with Crippen molar-refractivity contribution in [2.24, 2.45) is 0 Å². The van der Waals surface area contributed by atoms with Gasteiger partial charge in [-0.1, -0.05) is 24.3 Å². The smallest absolute Gasteiger partial charge is 0.237 e. The molecule has 2 atom stereocenters. The number of hydrogen-bond acceptors (Lipinski definition) is 4. The lowest BCUT2D eigenvalue weighted by molar-refractivity contribution is -0.123. The number of aliphatic hydroxyl groups excluding tert-OH is 1.